The zero-order chi connectivity index (χ0) is 18.3. The van der Waals surface area contributed by atoms with Gasteiger partial charge in [-0.25, -0.2) is 4.79 Å². The number of benzene rings is 1. The van der Waals surface area contributed by atoms with Gasteiger partial charge in [0.05, 0.1) is 9.95 Å². The minimum absolute atomic E-state index is 0.244. The van der Waals surface area contributed by atoms with E-state index in [1.807, 2.05) is 0 Å². The second kappa shape index (κ2) is 6.43. The highest BCUT2D eigenvalue weighted by atomic mass is 35.5. The van der Waals surface area contributed by atoms with Crippen LogP contribution >= 0.6 is 23.2 Å². The van der Waals surface area contributed by atoms with Crippen LogP contribution in [-0.2, 0) is 4.79 Å². The van der Waals surface area contributed by atoms with E-state index in [4.69, 9.17) is 27.9 Å². The summed E-state index contributed by atoms with van der Waals surface area (Å²) in [6, 6.07) is 3.06. The molecule has 1 aromatic rings. The van der Waals surface area contributed by atoms with Gasteiger partial charge in [0.25, 0.3) is 5.69 Å². The normalized spacial score (nSPS) is 33.1. The van der Waals surface area contributed by atoms with Gasteiger partial charge in [-0.3, -0.25) is 10.1 Å². The molecule has 1 saturated carbocycles. The van der Waals surface area contributed by atoms with Crippen molar-refractivity contribution < 1.29 is 34.9 Å². The van der Waals surface area contributed by atoms with Crippen LogP contribution in [0.25, 0.3) is 0 Å². The topological polar surface area (TPSA) is 150 Å². The third kappa shape index (κ3) is 3.46. The monoisotopic (exact) mass is 381 g/mol. The molecule has 24 heavy (non-hydrogen) atoms. The molecule has 0 radical (unpaired) electrons. The van der Waals surface area contributed by atoms with E-state index in [0.29, 0.717) is 0 Å². The second-order valence-electron chi connectivity index (χ2n) is 5.46. The molecule has 0 spiro atoms. The number of aliphatic hydroxyl groups is 4. The number of alkyl halides is 1. The molecule has 0 unspecified atom stereocenters. The quantitative estimate of drug-likeness (QED) is 0.192. The molecule has 1 fully saturated rings. The van der Waals surface area contributed by atoms with Crippen molar-refractivity contribution in [3.63, 3.8) is 0 Å². The highest BCUT2D eigenvalue weighted by Gasteiger charge is 2.56. The Morgan fingerprint density at radius 2 is 1.83 bits per heavy atom. The lowest BCUT2D eigenvalue weighted by atomic mass is 9.79. The van der Waals surface area contributed by atoms with Gasteiger partial charge in [0.1, 0.15) is 18.0 Å². The highest BCUT2D eigenvalue weighted by Crippen LogP contribution is 2.39. The number of hydrogen-bond donors (Lipinski definition) is 4. The lowest BCUT2D eigenvalue weighted by Crippen LogP contribution is -2.61. The van der Waals surface area contributed by atoms with Crippen LogP contribution in [-0.4, -0.2) is 54.2 Å². The summed E-state index contributed by atoms with van der Waals surface area (Å²) in [5.74, 6) is -1.51. The van der Waals surface area contributed by atoms with E-state index >= 15 is 0 Å². The molecule has 132 valence electrons. The zero-order valence-corrected chi connectivity index (χ0v) is 13.4. The fraction of sp³-hybridized carbons (Fsp3) is 0.462. The Bertz CT molecular complexity index is 666. The van der Waals surface area contributed by atoms with E-state index in [1.165, 1.54) is 0 Å². The van der Waals surface area contributed by atoms with Crippen molar-refractivity contribution in [2.75, 3.05) is 0 Å². The molecule has 0 heterocycles. The summed E-state index contributed by atoms with van der Waals surface area (Å²) in [5, 5.41) is 47.3. The van der Waals surface area contributed by atoms with Gasteiger partial charge < -0.3 is 25.2 Å². The van der Waals surface area contributed by atoms with Crippen molar-refractivity contribution in [1.82, 2.24) is 0 Å². The SMILES string of the molecule is O=C(Oc1ccc([N+](=O)[O-])cc1Cl)C1(O)C[C@@H](O)C(O)(Cl)[C@H](O)C1. The Morgan fingerprint density at radius 1 is 1.29 bits per heavy atom. The molecule has 0 amide bonds. The van der Waals surface area contributed by atoms with E-state index < -0.39 is 46.6 Å². The molecule has 0 aliphatic heterocycles. The number of halogens is 2. The standard InChI is InChI=1S/C13H13Cl2NO8/c14-7-3-6(16(22)23)1-2-8(7)24-11(19)12(20)4-9(17)13(15,21)10(18)5-12/h1-3,9-10,17-18,20-21H,4-5H2/t9-,10-,12?,13?/m1/s1. The van der Waals surface area contributed by atoms with Gasteiger partial charge in [0.15, 0.2) is 10.7 Å². The van der Waals surface area contributed by atoms with Gasteiger partial charge >= 0.3 is 5.97 Å². The highest BCUT2D eigenvalue weighted by molar-refractivity contribution is 6.32. The number of carbonyl (C=O) groups is 1. The lowest BCUT2D eigenvalue weighted by Gasteiger charge is -2.42. The summed E-state index contributed by atoms with van der Waals surface area (Å²) in [6.45, 7) is 0. The van der Waals surface area contributed by atoms with E-state index in [2.05, 4.69) is 0 Å². The van der Waals surface area contributed by atoms with E-state index in [1.54, 1.807) is 0 Å². The van der Waals surface area contributed by atoms with Crippen LogP contribution in [0.5, 0.6) is 5.75 Å². The predicted octanol–water partition coefficient (Wildman–Crippen LogP) is 0.328. The Morgan fingerprint density at radius 3 is 2.29 bits per heavy atom. The van der Waals surface area contributed by atoms with Crippen molar-refractivity contribution in [3.05, 3.63) is 33.3 Å². The van der Waals surface area contributed by atoms with Crippen LogP contribution in [0.2, 0.25) is 5.02 Å². The molecule has 0 aromatic heterocycles. The third-order valence-corrected chi connectivity index (χ3v) is 4.50. The fourth-order valence-electron chi connectivity index (χ4n) is 2.28. The number of carbonyl (C=O) groups excluding carboxylic acids is 1. The molecule has 1 aliphatic rings. The number of nitro benzene ring substituents is 1. The Hall–Kier alpha value is -1.49. The van der Waals surface area contributed by atoms with Gasteiger partial charge in [0.2, 0.25) is 0 Å². The smallest absolute Gasteiger partial charge is 0.343 e. The Balaban J connectivity index is 2.19. The van der Waals surface area contributed by atoms with E-state index in [9.17, 15) is 35.3 Å². The first-order valence-electron chi connectivity index (χ1n) is 6.63. The maximum Gasteiger partial charge on any atom is 0.343 e. The van der Waals surface area contributed by atoms with Crippen LogP contribution in [0, 0.1) is 10.1 Å². The molecule has 2 atom stereocenters. The summed E-state index contributed by atoms with van der Waals surface area (Å²) in [7, 11) is 0. The first kappa shape index (κ1) is 18.8. The number of ether oxygens (including phenoxy) is 1. The molecule has 0 saturated heterocycles. The van der Waals surface area contributed by atoms with E-state index in [0.717, 1.165) is 18.2 Å². The van der Waals surface area contributed by atoms with Gasteiger partial charge in [-0.15, -0.1) is 0 Å². The van der Waals surface area contributed by atoms with Crippen LogP contribution in [0.15, 0.2) is 18.2 Å². The Kier molecular flexibility index (Phi) is 5.05. The zero-order valence-electron chi connectivity index (χ0n) is 11.9. The molecule has 1 aliphatic carbocycles. The summed E-state index contributed by atoms with van der Waals surface area (Å²) < 4.78 is 4.90. The van der Waals surface area contributed by atoms with Crippen LogP contribution in [0.3, 0.4) is 0 Å². The maximum absolute atomic E-state index is 12.2. The lowest BCUT2D eigenvalue weighted by molar-refractivity contribution is -0.384. The number of aliphatic hydroxyl groups excluding tert-OH is 2. The predicted molar refractivity (Wildman–Crippen MR) is 80.7 cm³/mol. The van der Waals surface area contributed by atoms with Crippen LogP contribution < -0.4 is 4.74 Å². The average molecular weight is 382 g/mol. The van der Waals surface area contributed by atoms with Crippen molar-refractivity contribution in [3.8, 4) is 5.75 Å². The number of nitrogens with zero attached hydrogens (tertiary/aromatic N) is 1. The maximum atomic E-state index is 12.2. The van der Waals surface area contributed by atoms with Crippen LogP contribution in [0.4, 0.5) is 5.69 Å². The largest absolute Gasteiger partial charge is 0.423 e. The number of esters is 1. The van der Waals surface area contributed by atoms with Crippen molar-refractivity contribution in [1.29, 1.82) is 0 Å². The summed E-state index contributed by atoms with van der Waals surface area (Å²) >= 11 is 11.3. The second-order valence-corrected chi connectivity index (χ2v) is 6.47. The fourth-order valence-corrected chi connectivity index (χ4v) is 2.65. The van der Waals surface area contributed by atoms with Gasteiger partial charge in [-0.05, 0) is 6.07 Å². The van der Waals surface area contributed by atoms with Gasteiger partial charge in [-0.2, -0.15) is 0 Å². The summed E-state index contributed by atoms with van der Waals surface area (Å²) in [5.41, 5.74) is -2.65. The minimum Gasteiger partial charge on any atom is -0.423 e. The molecule has 4 N–H and O–H groups in total. The molecule has 11 heteroatoms. The molecule has 1 aromatic carbocycles. The van der Waals surface area contributed by atoms with Gasteiger partial charge in [-0.1, -0.05) is 23.2 Å². The van der Waals surface area contributed by atoms with Crippen molar-refractivity contribution >= 4 is 34.9 Å². The third-order valence-electron chi connectivity index (χ3n) is 3.71. The Labute approximate surface area is 145 Å². The molecule has 9 nitrogen and oxygen atoms in total. The molecular weight excluding hydrogens is 369 g/mol. The average Bonchev–Trinajstić information content (AvgIpc) is 2.47. The van der Waals surface area contributed by atoms with E-state index in [-0.39, 0.29) is 16.5 Å². The van der Waals surface area contributed by atoms with Crippen LogP contribution in [0.1, 0.15) is 12.8 Å². The van der Waals surface area contributed by atoms with Gasteiger partial charge in [0, 0.05) is 25.0 Å². The molecule has 2 rings (SSSR count). The minimum atomic E-state index is -2.41. The first-order chi connectivity index (χ1) is 11.0. The number of non-ortho nitro benzene ring substituents is 1. The van der Waals surface area contributed by atoms with Crippen molar-refractivity contribution in [2.24, 2.45) is 0 Å². The van der Waals surface area contributed by atoms with Crippen molar-refractivity contribution in [2.45, 2.75) is 35.7 Å². The summed E-state index contributed by atoms with van der Waals surface area (Å²) in [4.78, 5) is 22.1. The molecular formula is C13H13Cl2NO8. The summed E-state index contributed by atoms with van der Waals surface area (Å²) in [6.07, 6.45) is -4.97. The number of hydrogen-bond acceptors (Lipinski definition) is 8. The number of nitro groups is 1. The first-order valence-corrected chi connectivity index (χ1v) is 7.39. The molecule has 0 bridgehead atoms. The number of rotatable bonds is 3.